The van der Waals surface area contributed by atoms with Gasteiger partial charge in [-0.1, -0.05) is 0 Å². The number of nitrogen functional groups attached to an aromatic ring is 1. The first-order valence-corrected chi connectivity index (χ1v) is 5.98. The smallest absolute Gasteiger partial charge is 0.146 e. The summed E-state index contributed by atoms with van der Waals surface area (Å²) >= 11 is 0. The summed E-state index contributed by atoms with van der Waals surface area (Å²) in [5.74, 6) is 0.607. The zero-order valence-corrected chi connectivity index (χ0v) is 10.0. The van der Waals surface area contributed by atoms with Gasteiger partial charge in [-0.25, -0.2) is 18.7 Å². The molecule has 98 valence electrons. The summed E-state index contributed by atoms with van der Waals surface area (Å²) in [5, 5.41) is 2.73. The molecular weight excluding hydrogens is 250 g/mol. The Labute approximate surface area is 108 Å². The van der Waals surface area contributed by atoms with Crippen molar-refractivity contribution in [1.29, 1.82) is 0 Å². The van der Waals surface area contributed by atoms with E-state index in [1.807, 2.05) is 0 Å². The molecule has 0 aliphatic heterocycles. The van der Waals surface area contributed by atoms with Crippen molar-refractivity contribution >= 4 is 17.3 Å². The molecule has 1 saturated carbocycles. The molecule has 2 aromatic rings. The van der Waals surface area contributed by atoms with Crippen LogP contribution in [0.2, 0.25) is 0 Å². The first-order chi connectivity index (χ1) is 9.11. The normalized spacial score (nSPS) is 14.4. The molecule has 3 rings (SSSR count). The first-order valence-electron chi connectivity index (χ1n) is 5.98. The molecule has 0 bridgehead atoms. The molecule has 6 heteroatoms. The Morgan fingerprint density at radius 3 is 2.68 bits per heavy atom. The molecule has 1 aromatic carbocycles. The molecule has 1 heterocycles. The highest BCUT2D eigenvalue weighted by Gasteiger charge is 2.27. The fraction of sp³-hybridized carbons (Fsp3) is 0.231. The summed E-state index contributed by atoms with van der Waals surface area (Å²) in [4.78, 5) is 8.41. The van der Waals surface area contributed by atoms with Gasteiger partial charge in [-0.05, 0) is 25.0 Å². The fourth-order valence-electron chi connectivity index (χ4n) is 1.80. The van der Waals surface area contributed by atoms with Crippen LogP contribution >= 0.6 is 0 Å². The van der Waals surface area contributed by atoms with E-state index < -0.39 is 11.6 Å². The predicted molar refractivity (Wildman–Crippen MR) is 68.1 cm³/mol. The molecule has 0 spiro atoms. The van der Waals surface area contributed by atoms with Gasteiger partial charge >= 0.3 is 0 Å². The van der Waals surface area contributed by atoms with E-state index >= 15 is 0 Å². The van der Waals surface area contributed by atoms with Crippen LogP contribution in [0.25, 0.3) is 0 Å². The number of rotatable bonds is 3. The number of benzene rings is 1. The summed E-state index contributed by atoms with van der Waals surface area (Å²) in [5.41, 5.74) is 5.72. The highest BCUT2D eigenvalue weighted by Crippen LogP contribution is 2.38. The minimum absolute atomic E-state index is 0.0276. The van der Waals surface area contributed by atoms with Gasteiger partial charge in [0.15, 0.2) is 0 Å². The number of hydrogen-bond acceptors (Lipinski definition) is 4. The molecule has 0 atom stereocenters. The molecule has 0 radical (unpaired) electrons. The summed E-state index contributed by atoms with van der Waals surface area (Å²) in [6, 6.07) is 4.69. The monoisotopic (exact) mass is 262 g/mol. The van der Waals surface area contributed by atoms with Crippen molar-refractivity contribution in [2.75, 3.05) is 11.1 Å². The van der Waals surface area contributed by atoms with Crippen molar-refractivity contribution < 1.29 is 8.78 Å². The molecule has 0 unspecified atom stereocenters. The molecule has 1 aromatic heterocycles. The highest BCUT2D eigenvalue weighted by molar-refractivity contribution is 5.59. The number of aromatic nitrogens is 2. The van der Waals surface area contributed by atoms with Gasteiger partial charge in [-0.15, -0.1) is 0 Å². The largest absolute Gasteiger partial charge is 0.384 e. The highest BCUT2D eigenvalue weighted by atomic mass is 19.1. The van der Waals surface area contributed by atoms with Crippen LogP contribution < -0.4 is 11.1 Å². The van der Waals surface area contributed by atoms with Crippen molar-refractivity contribution in [2.45, 2.75) is 18.8 Å². The Bertz CT molecular complexity index is 626. The van der Waals surface area contributed by atoms with E-state index in [-0.39, 0.29) is 5.69 Å². The Morgan fingerprint density at radius 2 is 1.95 bits per heavy atom. The molecular formula is C13H12F2N4. The van der Waals surface area contributed by atoms with Gasteiger partial charge in [-0.3, -0.25) is 0 Å². The zero-order chi connectivity index (χ0) is 13.4. The Balaban J connectivity index is 1.92. The second kappa shape index (κ2) is 4.46. The van der Waals surface area contributed by atoms with Crippen LogP contribution in [0.5, 0.6) is 0 Å². The zero-order valence-electron chi connectivity index (χ0n) is 10.0. The van der Waals surface area contributed by atoms with Crippen molar-refractivity contribution in [2.24, 2.45) is 0 Å². The van der Waals surface area contributed by atoms with Gasteiger partial charge in [0.05, 0.1) is 5.69 Å². The lowest BCUT2D eigenvalue weighted by Gasteiger charge is -2.09. The van der Waals surface area contributed by atoms with E-state index in [0.29, 0.717) is 23.4 Å². The Hall–Kier alpha value is -2.24. The summed E-state index contributed by atoms with van der Waals surface area (Å²) in [6.07, 6.45) is 2.08. The van der Waals surface area contributed by atoms with Crippen molar-refractivity contribution in [3.8, 4) is 0 Å². The number of nitrogens with one attached hydrogen (secondary N) is 1. The standard InChI is InChI=1S/C13H12F2N4/c14-8-3-4-9(15)10(5-8)17-12-6-11(16)18-13(19-12)7-1-2-7/h3-7H,1-2H2,(H3,16,17,18,19). The fourth-order valence-corrected chi connectivity index (χ4v) is 1.80. The number of nitrogens with zero attached hydrogens (tertiary/aromatic N) is 2. The van der Waals surface area contributed by atoms with Gasteiger partial charge in [0.25, 0.3) is 0 Å². The summed E-state index contributed by atoms with van der Waals surface area (Å²) in [6.45, 7) is 0. The SMILES string of the molecule is Nc1cc(Nc2cc(F)ccc2F)nc(C2CC2)n1. The van der Waals surface area contributed by atoms with Gasteiger partial charge in [-0.2, -0.15) is 0 Å². The Morgan fingerprint density at radius 1 is 1.16 bits per heavy atom. The van der Waals surface area contributed by atoms with Gasteiger partial charge in [0.2, 0.25) is 0 Å². The molecule has 1 fully saturated rings. The van der Waals surface area contributed by atoms with E-state index in [2.05, 4.69) is 15.3 Å². The molecule has 0 amide bonds. The van der Waals surface area contributed by atoms with E-state index in [1.54, 1.807) is 0 Å². The molecule has 1 aliphatic carbocycles. The lowest BCUT2D eigenvalue weighted by molar-refractivity contribution is 0.603. The second-order valence-corrected chi connectivity index (χ2v) is 4.56. The van der Waals surface area contributed by atoms with Crippen LogP contribution in [0.1, 0.15) is 24.6 Å². The lowest BCUT2D eigenvalue weighted by Crippen LogP contribution is -2.03. The maximum Gasteiger partial charge on any atom is 0.146 e. The van der Waals surface area contributed by atoms with Crippen LogP contribution in [-0.2, 0) is 0 Å². The van der Waals surface area contributed by atoms with E-state index in [9.17, 15) is 8.78 Å². The Kier molecular flexibility index (Phi) is 2.77. The van der Waals surface area contributed by atoms with E-state index in [1.165, 1.54) is 6.07 Å². The van der Waals surface area contributed by atoms with E-state index in [0.717, 1.165) is 31.0 Å². The minimum atomic E-state index is -0.549. The third-order valence-electron chi connectivity index (χ3n) is 2.90. The summed E-state index contributed by atoms with van der Waals surface area (Å²) in [7, 11) is 0. The maximum absolute atomic E-state index is 13.5. The summed E-state index contributed by atoms with van der Waals surface area (Å²) < 4.78 is 26.6. The second-order valence-electron chi connectivity index (χ2n) is 4.56. The van der Waals surface area contributed by atoms with Gasteiger partial charge in [0.1, 0.15) is 29.1 Å². The van der Waals surface area contributed by atoms with Crippen molar-refractivity contribution in [3.63, 3.8) is 0 Å². The maximum atomic E-state index is 13.5. The van der Waals surface area contributed by atoms with Crippen LogP contribution in [0.4, 0.5) is 26.1 Å². The van der Waals surface area contributed by atoms with Gasteiger partial charge in [0, 0.05) is 18.1 Å². The number of nitrogens with two attached hydrogens (primary N) is 1. The van der Waals surface area contributed by atoms with E-state index in [4.69, 9.17) is 5.73 Å². The average molecular weight is 262 g/mol. The molecule has 19 heavy (non-hydrogen) atoms. The van der Waals surface area contributed by atoms with Crippen LogP contribution in [0.15, 0.2) is 24.3 Å². The predicted octanol–water partition coefficient (Wildman–Crippen LogP) is 2.96. The molecule has 3 N–H and O–H groups in total. The molecule has 1 aliphatic rings. The number of hydrogen-bond donors (Lipinski definition) is 2. The van der Waals surface area contributed by atoms with Gasteiger partial charge < -0.3 is 11.1 Å². The van der Waals surface area contributed by atoms with Crippen LogP contribution in [0.3, 0.4) is 0 Å². The quantitative estimate of drug-likeness (QED) is 0.892. The number of halogens is 2. The lowest BCUT2D eigenvalue weighted by atomic mass is 10.3. The first kappa shape index (κ1) is 11.8. The van der Waals surface area contributed by atoms with Crippen molar-refractivity contribution in [1.82, 2.24) is 9.97 Å². The topological polar surface area (TPSA) is 63.8 Å². The number of anilines is 3. The third kappa shape index (κ3) is 2.62. The van der Waals surface area contributed by atoms with Crippen molar-refractivity contribution in [3.05, 3.63) is 41.7 Å². The van der Waals surface area contributed by atoms with Crippen LogP contribution in [-0.4, -0.2) is 9.97 Å². The minimum Gasteiger partial charge on any atom is -0.384 e. The molecule has 4 nitrogen and oxygen atoms in total. The van der Waals surface area contributed by atoms with Crippen LogP contribution in [0, 0.1) is 11.6 Å². The molecule has 0 saturated heterocycles. The average Bonchev–Trinajstić information content (AvgIpc) is 3.17. The third-order valence-corrected chi connectivity index (χ3v) is 2.90.